The minimum Gasteiger partial charge on any atom is -0.385 e. The van der Waals surface area contributed by atoms with Crippen molar-refractivity contribution in [1.29, 1.82) is 0 Å². The molecule has 0 radical (unpaired) electrons. The Bertz CT molecular complexity index is 1310. The molecule has 0 spiro atoms. The summed E-state index contributed by atoms with van der Waals surface area (Å²) in [5.41, 5.74) is 2.02. The molecule has 2 aliphatic heterocycles. The molecule has 0 saturated carbocycles. The van der Waals surface area contributed by atoms with Crippen molar-refractivity contribution in [3.63, 3.8) is 0 Å². The summed E-state index contributed by atoms with van der Waals surface area (Å²) >= 11 is 12.2. The Labute approximate surface area is 218 Å². The number of nitrogens with zero attached hydrogens (tertiary/aromatic N) is 3. The number of anilines is 1. The molecule has 2 aliphatic rings. The first-order valence-corrected chi connectivity index (χ1v) is 12.4. The number of aromatic nitrogens is 1. The van der Waals surface area contributed by atoms with Gasteiger partial charge in [0.25, 0.3) is 0 Å². The first-order valence-electron chi connectivity index (χ1n) is 11.7. The van der Waals surface area contributed by atoms with E-state index in [1.54, 1.807) is 23.2 Å². The summed E-state index contributed by atoms with van der Waals surface area (Å²) in [7, 11) is 0. The number of amides is 1. The molecule has 5 rings (SSSR count). The number of hydrogen-bond donors (Lipinski definition) is 1. The number of rotatable bonds is 5. The molecule has 1 atom stereocenters. The largest absolute Gasteiger partial charge is 0.385 e. The molecule has 9 heteroatoms. The van der Waals surface area contributed by atoms with Crippen LogP contribution in [0, 0.1) is 5.82 Å². The van der Waals surface area contributed by atoms with E-state index >= 15 is 0 Å². The molecule has 1 amide bonds. The van der Waals surface area contributed by atoms with Gasteiger partial charge >= 0.3 is 0 Å². The van der Waals surface area contributed by atoms with Gasteiger partial charge in [0.15, 0.2) is 6.29 Å². The van der Waals surface area contributed by atoms with Gasteiger partial charge in [0.2, 0.25) is 5.91 Å². The average Bonchev–Trinajstić information content (AvgIpc) is 3.22. The van der Waals surface area contributed by atoms with Crippen LogP contribution in [0.4, 0.5) is 10.1 Å². The van der Waals surface area contributed by atoms with Crippen molar-refractivity contribution < 1.29 is 19.1 Å². The second kappa shape index (κ2) is 9.81. The molecule has 3 aromatic rings. The lowest BCUT2D eigenvalue weighted by Crippen LogP contribution is -2.47. The number of carbonyl (C=O) groups excluding carboxylic acids is 2. The molecular formula is C27H24Cl2FN3O3. The van der Waals surface area contributed by atoms with Gasteiger partial charge in [-0.2, -0.15) is 0 Å². The van der Waals surface area contributed by atoms with Crippen LogP contribution in [0.5, 0.6) is 0 Å². The first kappa shape index (κ1) is 24.7. The molecular weight excluding hydrogens is 504 g/mol. The number of benzene rings is 2. The summed E-state index contributed by atoms with van der Waals surface area (Å²) in [6, 6.07) is 13.0. The van der Waals surface area contributed by atoms with Crippen molar-refractivity contribution in [1.82, 2.24) is 9.88 Å². The fourth-order valence-electron chi connectivity index (χ4n) is 5.23. The summed E-state index contributed by atoms with van der Waals surface area (Å²) in [5, 5.41) is 12.3. The van der Waals surface area contributed by atoms with Crippen LogP contribution in [0.2, 0.25) is 10.2 Å². The first-order chi connectivity index (χ1) is 17.3. The molecule has 1 saturated heterocycles. The summed E-state index contributed by atoms with van der Waals surface area (Å²) in [6.07, 6.45) is 2.78. The van der Waals surface area contributed by atoms with Crippen molar-refractivity contribution in [2.24, 2.45) is 0 Å². The Hall–Kier alpha value is -3.00. The van der Waals surface area contributed by atoms with E-state index < -0.39 is 11.4 Å². The standard InChI is InChI=1S/C27H24Cl2FN3O3/c28-19-2-4-21-22(15-33(24(21)12-19)14-17-1-6-25(29)31-13-17)26(35)32-9-7-27(36,8-10-32)23-5-3-20(30)11-18(23)16-34/h1-6,11-13,16,22,36H,7-10,14-15H2. The maximum atomic E-state index is 13.7. The summed E-state index contributed by atoms with van der Waals surface area (Å²) in [6.45, 7) is 1.70. The highest BCUT2D eigenvalue weighted by atomic mass is 35.5. The Balaban J connectivity index is 1.33. The Morgan fingerprint density at radius 2 is 1.92 bits per heavy atom. The predicted octanol–water partition coefficient (Wildman–Crippen LogP) is 4.95. The number of hydrogen-bond acceptors (Lipinski definition) is 5. The van der Waals surface area contributed by atoms with Gasteiger partial charge in [0.1, 0.15) is 11.0 Å². The van der Waals surface area contributed by atoms with E-state index in [9.17, 15) is 19.1 Å². The second-order valence-electron chi connectivity index (χ2n) is 9.33. The van der Waals surface area contributed by atoms with E-state index in [2.05, 4.69) is 9.88 Å². The van der Waals surface area contributed by atoms with Gasteiger partial charge in [0, 0.05) is 48.6 Å². The van der Waals surface area contributed by atoms with E-state index in [-0.39, 0.29) is 30.2 Å². The third-order valence-corrected chi connectivity index (χ3v) is 7.57. The van der Waals surface area contributed by atoms with E-state index in [0.717, 1.165) is 22.9 Å². The highest BCUT2D eigenvalue weighted by Crippen LogP contribution is 2.41. The summed E-state index contributed by atoms with van der Waals surface area (Å²) < 4.78 is 13.6. The molecule has 1 N–H and O–H groups in total. The molecule has 3 heterocycles. The van der Waals surface area contributed by atoms with Gasteiger partial charge in [-0.05, 0) is 59.9 Å². The van der Waals surface area contributed by atoms with Crippen molar-refractivity contribution >= 4 is 41.1 Å². The van der Waals surface area contributed by atoms with Gasteiger partial charge in [0.05, 0.1) is 11.5 Å². The molecule has 36 heavy (non-hydrogen) atoms. The number of aliphatic hydroxyl groups is 1. The Morgan fingerprint density at radius 1 is 1.14 bits per heavy atom. The van der Waals surface area contributed by atoms with Crippen LogP contribution >= 0.6 is 23.2 Å². The highest BCUT2D eigenvalue weighted by Gasteiger charge is 2.41. The van der Waals surface area contributed by atoms with Crippen LogP contribution in [0.1, 0.15) is 45.8 Å². The third kappa shape index (κ3) is 4.71. The van der Waals surface area contributed by atoms with Crippen LogP contribution in [0.25, 0.3) is 0 Å². The van der Waals surface area contributed by atoms with Gasteiger partial charge < -0.3 is 14.9 Å². The molecule has 0 bridgehead atoms. The monoisotopic (exact) mass is 527 g/mol. The summed E-state index contributed by atoms with van der Waals surface area (Å²) in [4.78, 5) is 33.1. The highest BCUT2D eigenvalue weighted by molar-refractivity contribution is 6.31. The zero-order valence-corrected chi connectivity index (χ0v) is 20.8. The topological polar surface area (TPSA) is 73.7 Å². The molecule has 6 nitrogen and oxygen atoms in total. The predicted molar refractivity (Wildman–Crippen MR) is 136 cm³/mol. The van der Waals surface area contributed by atoms with E-state index in [0.29, 0.717) is 48.2 Å². The maximum Gasteiger partial charge on any atom is 0.231 e. The van der Waals surface area contributed by atoms with Crippen LogP contribution in [-0.2, 0) is 16.9 Å². The van der Waals surface area contributed by atoms with E-state index in [1.165, 1.54) is 12.1 Å². The fraction of sp³-hybridized carbons (Fsp3) is 0.296. The molecule has 0 aliphatic carbocycles. The minimum atomic E-state index is -1.30. The number of piperidine rings is 1. The van der Waals surface area contributed by atoms with E-state index in [1.807, 2.05) is 18.2 Å². The number of likely N-dealkylation sites (tertiary alicyclic amines) is 1. The van der Waals surface area contributed by atoms with Crippen molar-refractivity contribution in [3.05, 3.63) is 93.0 Å². The Morgan fingerprint density at radius 3 is 2.61 bits per heavy atom. The zero-order chi connectivity index (χ0) is 25.4. The number of aldehydes is 1. The number of carbonyl (C=O) groups is 2. The maximum absolute atomic E-state index is 13.7. The fourth-order valence-corrected chi connectivity index (χ4v) is 5.50. The molecule has 1 unspecified atom stereocenters. The van der Waals surface area contributed by atoms with Gasteiger partial charge in [-0.1, -0.05) is 41.4 Å². The van der Waals surface area contributed by atoms with Gasteiger partial charge in [-0.3, -0.25) is 9.59 Å². The molecule has 1 aromatic heterocycles. The van der Waals surface area contributed by atoms with Crippen molar-refractivity contribution in [2.45, 2.75) is 30.9 Å². The van der Waals surface area contributed by atoms with Crippen molar-refractivity contribution in [2.75, 3.05) is 24.5 Å². The molecule has 1 fully saturated rings. The second-order valence-corrected chi connectivity index (χ2v) is 10.2. The lowest BCUT2D eigenvalue weighted by Gasteiger charge is -2.40. The number of pyridine rings is 1. The molecule has 2 aromatic carbocycles. The lowest BCUT2D eigenvalue weighted by molar-refractivity contribution is -0.137. The van der Waals surface area contributed by atoms with E-state index in [4.69, 9.17) is 23.2 Å². The SMILES string of the molecule is O=Cc1cc(F)ccc1C1(O)CCN(C(=O)C2CN(Cc3ccc(Cl)nc3)c3cc(Cl)ccc32)CC1. The van der Waals surface area contributed by atoms with Crippen LogP contribution in [0.3, 0.4) is 0 Å². The zero-order valence-electron chi connectivity index (χ0n) is 19.3. The number of fused-ring (bicyclic) bond motifs is 1. The molecule has 186 valence electrons. The van der Waals surface area contributed by atoms with Gasteiger partial charge in [-0.15, -0.1) is 0 Å². The smallest absolute Gasteiger partial charge is 0.231 e. The van der Waals surface area contributed by atoms with Crippen LogP contribution in [0.15, 0.2) is 54.7 Å². The number of halogens is 3. The summed E-state index contributed by atoms with van der Waals surface area (Å²) in [5.74, 6) is -0.928. The quantitative estimate of drug-likeness (QED) is 0.375. The minimum absolute atomic E-state index is 0.0212. The van der Waals surface area contributed by atoms with Crippen LogP contribution < -0.4 is 4.90 Å². The van der Waals surface area contributed by atoms with Crippen molar-refractivity contribution in [3.8, 4) is 0 Å². The lowest BCUT2D eigenvalue weighted by atomic mass is 9.81. The Kier molecular flexibility index (Phi) is 6.72. The van der Waals surface area contributed by atoms with Gasteiger partial charge in [-0.25, -0.2) is 9.37 Å². The normalized spacial score (nSPS) is 18.7. The third-order valence-electron chi connectivity index (χ3n) is 7.12. The van der Waals surface area contributed by atoms with Crippen LogP contribution in [-0.4, -0.2) is 46.8 Å². The average molecular weight is 528 g/mol.